The quantitative estimate of drug-likeness (QED) is 0.516. The summed E-state index contributed by atoms with van der Waals surface area (Å²) < 4.78 is 4.50. The molecule has 21 heavy (non-hydrogen) atoms. The number of ketones is 1. The lowest BCUT2D eigenvalue weighted by molar-refractivity contribution is -0.135. The number of Topliss-reactive ketones (excluding diaryl/α,β-unsaturated/α-hetero) is 1. The van der Waals surface area contributed by atoms with Gasteiger partial charge in [0.2, 0.25) is 0 Å². The van der Waals surface area contributed by atoms with Crippen molar-refractivity contribution in [3.63, 3.8) is 0 Å². The van der Waals surface area contributed by atoms with E-state index in [2.05, 4.69) is 4.74 Å². The van der Waals surface area contributed by atoms with E-state index in [1.165, 1.54) is 7.11 Å². The van der Waals surface area contributed by atoms with Gasteiger partial charge in [-0.1, -0.05) is 41.5 Å². The molecule has 4 heteroatoms. The highest BCUT2D eigenvalue weighted by Crippen LogP contribution is 2.39. The number of benzene rings is 1. The zero-order chi connectivity index (χ0) is 16.6. The number of esters is 1. The fourth-order valence-electron chi connectivity index (χ4n) is 2.12. The Kier molecular flexibility index (Phi) is 4.51. The van der Waals surface area contributed by atoms with Crippen LogP contribution in [-0.4, -0.2) is 24.0 Å². The Morgan fingerprint density at radius 1 is 0.952 bits per heavy atom. The van der Waals surface area contributed by atoms with Crippen LogP contribution in [0.4, 0.5) is 0 Å². The number of carbonyl (C=O) groups is 2. The van der Waals surface area contributed by atoms with E-state index in [1.807, 2.05) is 41.5 Å². The summed E-state index contributed by atoms with van der Waals surface area (Å²) in [6.45, 7) is 11.7. The van der Waals surface area contributed by atoms with Crippen molar-refractivity contribution in [1.29, 1.82) is 0 Å². The molecule has 0 atom stereocenters. The second-order valence-electron chi connectivity index (χ2n) is 7.24. The van der Waals surface area contributed by atoms with Gasteiger partial charge < -0.3 is 9.84 Å². The molecule has 1 aromatic carbocycles. The average molecular weight is 292 g/mol. The van der Waals surface area contributed by atoms with Gasteiger partial charge in [0.25, 0.3) is 5.78 Å². The summed E-state index contributed by atoms with van der Waals surface area (Å²) in [7, 11) is 1.18. The topological polar surface area (TPSA) is 63.6 Å². The van der Waals surface area contributed by atoms with Crippen LogP contribution in [0.1, 0.15) is 63.0 Å². The van der Waals surface area contributed by atoms with Crippen molar-refractivity contribution in [2.24, 2.45) is 0 Å². The van der Waals surface area contributed by atoms with E-state index in [-0.39, 0.29) is 22.1 Å². The molecule has 116 valence electrons. The summed E-state index contributed by atoms with van der Waals surface area (Å²) in [5, 5.41) is 10.5. The van der Waals surface area contributed by atoms with E-state index >= 15 is 0 Å². The molecule has 0 aliphatic heterocycles. The van der Waals surface area contributed by atoms with E-state index in [0.717, 1.165) is 0 Å². The zero-order valence-electron chi connectivity index (χ0n) is 13.8. The number of methoxy groups -OCH3 is 1. The second-order valence-corrected chi connectivity index (χ2v) is 7.24. The van der Waals surface area contributed by atoms with Gasteiger partial charge in [0.1, 0.15) is 5.75 Å². The molecule has 0 saturated carbocycles. The minimum atomic E-state index is -0.902. The Bertz CT molecular complexity index is 536. The molecule has 1 rings (SSSR count). The van der Waals surface area contributed by atoms with E-state index in [0.29, 0.717) is 11.1 Å². The third-order valence-electron chi connectivity index (χ3n) is 3.36. The van der Waals surface area contributed by atoms with Gasteiger partial charge in [-0.15, -0.1) is 0 Å². The van der Waals surface area contributed by atoms with Crippen molar-refractivity contribution in [2.45, 2.75) is 52.4 Å². The fraction of sp³-hybridized carbons (Fsp3) is 0.529. The molecule has 0 unspecified atom stereocenters. The molecular formula is C17H24O4. The maximum atomic E-state index is 12.1. The molecule has 1 aromatic rings. The molecular weight excluding hydrogens is 268 g/mol. The first-order valence-electron chi connectivity index (χ1n) is 6.90. The summed E-state index contributed by atoms with van der Waals surface area (Å²) in [6.07, 6.45) is 0. The Morgan fingerprint density at radius 3 is 1.62 bits per heavy atom. The Hall–Kier alpha value is -1.84. The standard InChI is InChI=1S/C17H24O4/c1-16(2,3)11-8-10(13(18)15(20)21-7)9-12(14(11)19)17(4,5)6/h8-9,19H,1-7H3. The molecule has 0 heterocycles. The lowest BCUT2D eigenvalue weighted by Crippen LogP contribution is -2.21. The predicted octanol–water partition coefficient (Wildman–Crippen LogP) is 3.34. The van der Waals surface area contributed by atoms with Crippen LogP contribution in [0.5, 0.6) is 5.75 Å². The summed E-state index contributed by atoms with van der Waals surface area (Å²) in [5.41, 5.74) is 0.825. The molecule has 0 aromatic heterocycles. The maximum Gasteiger partial charge on any atom is 0.379 e. The number of rotatable bonds is 2. The van der Waals surface area contributed by atoms with Gasteiger partial charge in [-0.3, -0.25) is 4.79 Å². The van der Waals surface area contributed by atoms with Crippen LogP contribution in [0, 0.1) is 0 Å². The Balaban J connectivity index is 3.63. The van der Waals surface area contributed by atoms with Crippen LogP contribution in [-0.2, 0) is 20.4 Å². The number of aromatic hydroxyl groups is 1. The fourth-order valence-corrected chi connectivity index (χ4v) is 2.12. The SMILES string of the molecule is COC(=O)C(=O)c1cc(C(C)(C)C)c(O)c(C(C)(C)C)c1. The van der Waals surface area contributed by atoms with Gasteiger partial charge in [-0.25, -0.2) is 4.79 Å². The molecule has 0 spiro atoms. The first-order valence-corrected chi connectivity index (χ1v) is 6.90. The Morgan fingerprint density at radius 2 is 1.33 bits per heavy atom. The molecule has 0 bridgehead atoms. The normalized spacial score (nSPS) is 12.1. The van der Waals surface area contributed by atoms with Crippen molar-refractivity contribution >= 4 is 11.8 Å². The first kappa shape index (κ1) is 17.2. The number of carbonyl (C=O) groups excluding carboxylic acids is 2. The molecule has 0 saturated heterocycles. The largest absolute Gasteiger partial charge is 0.507 e. The second kappa shape index (κ2) is 5.51. The van der Waals surface area contributed by atoms with E-state index < -0.39 is 11.8 Å². The van der Waals surface area contributed by atoms with Crippen molar-refractivity contribution in [1.82, 2.24) is 0 Å². The van der Waals surface area contributed by atoms with Gasteiger partial charge in [0.05, 0.1) is 7.11 Å². The van der Waals surface area contributed by atoms with Crippen molar-refractivity contribution in [3.8, 4) is 5.75 Å². The lowest BCUT2D eigenvalue weighted by atomic mass is 9.78. The van der Waals surface area contributed by atoms with Crippen LogP contribution in [0.2, 0.25) is 0 Å². The predicted molar refractivity (Wildman–Crippen MR) is 81.9 cm³/mol. The third-order valence-corrected chi connectivity index (χ3v) is 3.36. The minimum Gasteiger partial charge on any atom is -0.507 e. The van der Waals surface area contributed by atoms with Crippen molar-refractivity contribution < 1.29 is 19.4 Å². The van der Waals surface area contributed by atoms with E-state index in [4.69, 9.17) is 0 Å². The van der Waals surface area contributed by atoms with Gasteiger partial charge in [-0.05, 0) is 23.0 Å². The highest BCUT2D eigenvalue weighted by molar-refractivity contribution is 6.40. The Labute approximate surface area is 126 Å². The maximum absolute atomic E-state index is 12.1. The summed E-state index contributed by atoms with van der Waals surface area (Å²) in [4.78, 5) is 23.6. The summed E-state index contributed by atoms with van der Waals surface area (Å²) >= 11 is 0. The van der Waals surface area contributed by atoms with Gasteiger partial charge >= 0.3 is 5.97 Å². The molecule has 0 amide bonds. The van der Waals surface area contributed by atoms with Crippen LogP contribution in [0.25, 0.3) is 0 Å². The third kappa shape index (κ3) is 3.63. The highest BCUT2D eigenvalue weighted by atomic mass is 16.5. The zero-order valence-corrected chi connectivity index (χ0v) is 13.8. The number of hydrogen-bond donors (Lipinski definition) is 1. The summed E-state index contributed by atoms with van der Waals surface area (Å²) in [6, 6.07) is 3.15. The van der Waals surface area contributed by atoms with Crippen molar-refractivity contribution in [2.75, 3.05) is 7.11 Å². The molecule has 0 aliphatic carbocycles. The molecule has 4 nitrogen and oxygen atoms in total. The number of phenols is 1. The highest BCUT2D eigenvalue weighted by Gasteiger charge is 2.29. The molecule has 0 aliphatic rings. The molecule has 0 radical (unpaired) electrons. The van der Waals surface area contributed by atoms with Gasteiger partial charge in [-0.2, -0.15) is 0 Å². The van der Waals surface area contributed by atoms with E-state index in [9.17, 15) is 14.7 Å². The van der Waals surface area contributed by atoms with Gasteiger partial charge in [0.15, 0.2) is 0 Å². The smallest absolute Gasteiger partial charge is 0.379 e. The number of phenolic OH excluding ortho intramolecular Hbond substituents is 1. The summed E-state index contributed by atoms with van der Waals surface area (Å²) in [5.74, 6) is -1.43. The monoisotopic (exact) mass is 292 g/mol. The van der Waals surface area contributed by atoms with Crippen molar-refractivity contribution in [3.05, 3.63) is 28.8 Å². The first-order chi connectivity index (χ1) is 9.39. The van der Waals surface area contributed by atoms with Gasteiger partial charge in [0, 0.05) is 16.7 Å². The average Bonchev–Trinajstić information content (AvgIpc) is 2.34. The number of ether oxygens (including phenoxy) is 1. The van der Waals surface area contributed by atoms with Crippen LogP contribution >= 0.6 is 0 Å². The minimum absolute atomic E-state index is 0.177. The number of hydrogen-bond acceptors (Lipinski definition) is 4. The lowest BCUT2D eigenvalue weighted by Gasteiger charge is -2.27. The van der Waals surface area contributed by atoms with Crippen LogP contribution in [0.3, 0.4) is 0 Å². The van der Waals surface area contributed by atoms with Crippen LogP contribution < -0.4 is 0 Å². The van der Waals surface area contributed by atoms with E-state index in [1.54, 1.807) is 12.1 Å². The van der Waals surface area contributed by atoms with Crippen LogP contribution in [0.15, 0.2) is 12.1 Å². The molecule has 1 N–H and O–H groups in total. The molecule has 0 fully saturated rings.